The average Bonchev–Trinajstić information content (AvgIpc) is 2.57. The van der Waals surface area contributed by atoms with E-state index < -0.39 is 10.0 Å². The number of sulfonamides is 1. The second-order valence-corrected chi connectivity index (χ2v) is 6.38. The molecule has 0 radical (unpaired) electrons. The predicted octanol–water partition coefficient (Wildman–Crippen LogP) is 2.12. The van der Waals surface area contributed by atoms with Crippen LogP contribution >= 0.6 is 0 Å². The molecule has 1 aliphatic rings. The van der Waals surface area contributed by atoms with Crippen molar-refractivity contribution < 1.29 is 8.42 Å². The molecule has 0 saturated carbocycles. The van der Waals surface area contributed by atoms with Crippen LogP contribution in [0.2, 0.25) is 0 Å². The highest BCUT2D eigenvalue weighted by Gasteiger charge is 2.33. The van der Waals surface area contributed by atoms with Crippen molar-refractivity contribution in [3.63, 3.8) is 0 Å². The van der Waals surface area contributed by atoms with Crippen LogP contribution in [0.3, 0.4) is 0 Å². The SMILES string of the molecule is C[C@H]1CCS(=O)(=O)N1C/C=C/c1ccccc1. The van der Waals surface area contributed by atoms with E-state index in [-0.39, 0.29) is 11.8 Å². The van der Waals surface area contributed by atoms with Gasteiger partial charge in [-0.1, -0.05) is 42.5 Å². The monoisotopic (exact) mass is 251 g/mol. The van der Waals surface area contributed by atoms with Crippen LogP contribution in [-0.4, -0.2) is 31.1 Å². The molecule has 2 rings (SSSR count). The molecule has 0 aliphatic carbocycles. The van der Waals surface area contributed by atoms with Crippen LogP contribution in [0.25, 0.3) is 6.08 Å². The third kappa shape index (κ3) is 2.96. The standard InChI is InChI=1S/C13H17NO2S/c1-12-9-11-17(15,16)14(12)10-5-8-13-6-3-2-4-7-13/h2-8,12H,9-11H2,1H3/b8-5+/t12-/m0/s1. The van der Waals surface area contributed by atoms with E-state index in [0.717, 1.165) is 12.0 Å². The van der Waals surface area contributed by atoms with Gasteiger partial charge in [-0.15, -0.1) is 0 Å². The van der Waals surface area contributed by atoms with Gasteiger partial charge in [0.25, 0.3) is 0 Å². The summed E-state index contributed by atoms with van der Waals surface area (Å²) in [5.41, 5.74) is 1.09. The molecule has 1 aromatic rings. The van der Waals surface area contributed by atoms with Gasteiger partial charge in [0.15, 0.2) is 0 Å². The third-order valence-corrected chi connectivity index (χ3v) is 5.01. The van der Waals surface area contributed by atoms with Crippen LogP contribution in [0.15, 0.2) is 36.4 Å². The molecular weight excluding hydrogens is 234 g/mol. The topological polar surface area (TPSA) is 37.4 Å². The minimum atomic E-state index is -3.01. The van der Waals surface area contributed by atoms with Gasteiger partial charge in [0.2, 0.25) is 10.0 Å². The number of hydrogen-bond donors (Lipinski definition) is 0. The zero-order valence-electron chi connectivity index (χ0n) is 9.91. The molecule has 0 unspecified atom stereocenters. The molecule has 1 aromatic carbocycles. The normalized spacial score (nSPS) is 24.4. The third-order valence-electron chi connectivity index (χ3n) is 3.04. The fourth-order valence-electron chi connectivity index (χ4n) is 2.01. The Morgan fingerprint density at radius 1 is 1.35 bits per heavy atom. The van der Waals surface area contributed by atoms with Crippen molar-refractivity contribution in [1.29, 1.82) is 0 Å². The summed E-state index contributed by atoms with van der Waals surface area (Å²) in [5, 5.41) is 0. The minimum absolute atomic E-state index is 0.125. The number of rotatable bonds is 3. The maximum Gasteiger partial charge on any atom is 0.214 e. The largest absolute Gasteiger partial charge is 0.214 e. The van der Waals surface area contributed by atoms with Crippen LogP contribution in [-0.2, 0) is 10.0 Å². The Labute approximate surface area is 103 Å². The lowest BCUT2D eigenvalue weighted by molar-refractivity contribution is 0.392. The Kier molecular flexibility index (Phi) is 3.64. The maximum absolute atomic E-state index is 11.7. The molecule has 1 saturated heterocycles. The van der Waals surface area contributed by atoms with Gasteiger partial charge in [-0.05, 0) is 18.9 Å². The van der Waals surface area contributed by atoms with Crippen LogP contribution in [0.4, 0.5) is 0 Å². The van der Waals surface area contributed by atoms with Crippen molar-refractivity contribution in [3.05, 3.63) is 42.0 Å². The summed E-state index contributed by atoms with van der Waals surface area (Å²) in [6.07, 6.45) is 4.61. The summed E-state index contributed by atoms with van der Waals surface area (Å²) < 4.78 is 25.0. The Balaban J connectivity index is 2.01. The fourth-order valence-corrected chi connectivity index (χ4v) is 3.85. The van der Waals surface area contributed by atoms with E-state index in [2.05, 4.69) is 0 Å². The molecule has 92 valence electrons. The lowest BCUT2D eigenvalue weighted by Gasteiger charge is -2.17. The van der Waals surface area contributed by atoms with E-state index in [4.69, 9.17) is 0 Å². The van der Waals surface area contributed by atoms with Gasteiger partial charge in [-0.3, -0.25) is 0 Å². The zero-order chi connectivity index (χ0) is 12.3. The van der Waals surface area contributed by atoms with Crippen LogP contribution in [0.1, 0.15) is 18.9 Å². The van der Waals surface area contributed by atoms with Crippen molar-refractivity contribution in [2.24, 2.45) is 0 Å². The smallest absolute Gasteiger partial charge is 0.212 e. The van der Waals surface area contributed by atoms with Crippen molar-refractivity contribution in [1.82, 2.24) is 4.31 Å². The van der Waals surface area contributed by atoms with Crippen molar-refractivity contribution in [2.45, 2.75) is 19.4 Å². The summed E-state index contributed by atoms with van der Waals surface area (Å²) in [6.45, 7) is 2.43. The number of hydrogen-bond acceptors (Lipinski definition) is 2. The summed E-state index contributed by atoms with van der Waals surface area (Å²) in [5.74, 6) is 0.285. The van der Waals surface area contributed by atoms with Crippen molar-refractivity contribution in [3.8, 4) is 0 Å². The van der Waals surface area contributed by atoms with Gasteiger partial charge in [-0.25, -0.2) is 8.42 Å². The lowest BCUT2D eigenvalue weighted by atomic mass is 10.2. The first-order valence-corrected chi connectivity index (χ1v) is 7.41. The molecule has 1 atom stereocenters. The van der Waals surface area contributed by atoms with Crippen molar-refractivity contribution >= 4 is 16.1 Å². The molecule has 4 heteroatoms. The molecule has 3 nitrogen and oxygen atoms in total. The van der Waals surface area contributed by atoms with E-state index in [1.54, 1.807) is 4.31 Å². The van der Waals surface area contributed by atoms with Gasteiger partial charge < -0.3 is 0 Å². The zero-order valence-corrected chi connectivity index (χ0v) is 10.7. The van der Waals surface area contributed by atoms with Crippen molar-refractivity contribution in [2.75, 3.05) is 12.3 Å². The average molecular weight is 251 g/mol. The molecule has 1 fully saturated rings. The lowest BCUT2D eigenvalue weighted by Crippen LogP contribution is -2.31. The Morgan fingerprint density at radius 2 is 2.06 bits per heavy atom. The summed E-state index contributed by atoms with van der Waals surface area (Å²) in [4.78, 5) is 0. The maximum atomic E-state index is 11.7. The second kappa shape index (κ2) is 5.02. The molecule has 0 aromatic heterocycles. The molecule has 17 heavy (non-hydrogen) atoms. The molecule has 0 N–H and O–H groups in total. The first-order chi connectivity index (χ1) is 8.09. The highest BCUT2D eigenvalue weighted by molar-refractivity contribution is 7.89. The van der Waals surface area contributed by atoms with Gasteiger partial charge in [0.1, 0.15) is 0 Å². The van der Waals surface area contributed by atoms with Crippen LogP contribution < -0.4 is 0 Å². The van der Waals surface area contributed by atoms with Gasteiger partial charge in [-0.2, -0.15) is 4.31 Å². The second-order valence-electron chi connectivity index (χ2n) is 4.34. The van der Waals surface area contributed by atoms with Gasteiger partial charge in [0.05, 0.1) is 5.75 Å². The van der Waals surface area contributed by atoms with Gasteiger partial charge in [0, 0.05) is 12.6 Å². The Bertz CT molecular complexity index is 493. The predicted molar refractivity (Wildman–Crippen MR) is 70.0 cm³/mol. The van der Waals surface area contributed by atoms with E-state index in [9.17, 15) is 8.42 Å². The Morgan fingerprint density at radius 3 is 2.65 bits per heavy atom. The highest BCUT2D eigenvalue weighted by Crippen LogP contribution is 2.20. The molecule has 1 heterocycles. The first-order valence-electron chi connectivity index (χ1n) is 5.81. The van der Waals surface area contributed by atoms with E-state index in [1.165, 1.54) is 0 Å². The molecule has 0 bridgehead atoms. The fraction of sp³-hybridized carbons (Fsp3) is 0.385. The molecule has 0 spiro atoms. The molecule has 0 amide bonds. The Hall–Kier alpha value is -1.13. The quantitative estimate of drug-likeness (QED) is 0.825. The summed E-state index contributed by atoms with van der Waals surface area (Å²) in [7, 11) is -3.01. The van der Waals surface area contributed by atoms with E-state index in [1.807, 2.05) is 49.4 Å². The molecular formula is C13H17NO2S. The molecule has 1 aliphatic heterocycles. The van der Waals surface area contributed by atoms with Crippen LogP contribution in [0.5, 0.6) is 0 Å². The van der Waals surface area contributed by atoms with E-state index in [0.29, 0.717) is 6.54 Å². The number of benzene rings is 1. The van der Waals surface area contributed by atoms with E-state index >= 15 is 0 Å². The summed E-state index contributed by atoms with van der Waals surface area (Å²) >= 11 is 0. The van der Waals surface area contributed by atoms with Gasteiger partial charge >= 0.3 is 0 Å². The summed E-state index contributed by atoms with van der Waals surface area (Å²) in [6, 6.07) is 10.0. The number of nitrogens with zero attached hydrogens (tertiary/aromatic N) is 1. The highest BCUT2D eigenvalue weighted by atomic mass is 32.2. The first kappa shape index (κ1) is 12.3. The minimum Gasteiger partial charge on any atom is -0.212 e. The van der Waals surface area contributed by atoms with Crippen LogP contribution in [0, 0.1) is 0 Å².